The van der Waals surface area contributed by atoms with Crippen molar-refractivity contribution in [1.29, 1.82) is 0 Å². The molecule has 0 unspecified atom stereocenters. The van der Waals surface area contributed by atoms with Crippen molar-refractivity contribution >= 4 is 11.8 Å². The van der Waals surface area contributed by atoms with Crippen LogP contribution < -0.4 is 5.32 Å². The molecule has 0 radical (unpaired) electrons. The number of hydrogen-bond acceptors (Lipinski definition) is 4. The number of nitrogens with one attached hydrogen (secondary N) is 1. The van der Waals surface area contributed by atoms with Gasteiger partial charge in [0, 0.05) is 12.3 Å². The van der Waals surface area contributed by atoms with Crippen LogP contribution >= 0.6 is 11.8 Å². The van der Waals surface area contributed by atoms with E-state index in [9.17, 15) is 0 Å². The Hall–Kier alpha value is -0.450. The first-order chi connectivity index (χ1) is 7.76. The van der Waals surface area contributed by atoms with E-state index in [2.05, 4.69) is 42.6 Å². The molecular formula is C12H22N2OS. The van der Waals surface area contributed by atoms with Gasteiger partial charge in [0.25, 0.3) is 0 Å². The highest BCUT2D eigenvalue weighted by Gasteiger charge is 2.04. The van der Waals surface area contributed by atoms with Crippen molar-refractivity contribution in [3.63, 3.8) is 0 Å². The molecule has 1 heterocycles. The molecule has 92 valence electrons. The minimum Gasteiger partial charge on any atom is -0.463 e. The fourth-order valence-corrected chi connectivity index (χ4v) is 1.94. The second-order valence-electron chi connectivity index (χ2n) is 3.88. The van der Waals surface area contributed by atoms with Gasteiger partial charge < -0.3 is 9.73 Å². The zero-order valence-corrected chi connectivity index (χ0v) is 11.3. The van der Waals surface area contributed by atoms with Crippen molar-refractivity contribution < 1.29 is 4.42 Å². The topological polar surface area (TPSA) is 28.4 Å². The van der Waals surface area contributed by atoms with Gasteiger partial charge in [-0.2, -0.15) is 11.8 Å². The van der Waals surface area contributed by atoms with Crippen molar-refractivity contribution in [1.82, 2.24) is 10.2 Å². The van der Waals surface area contributed by atoms with Crippen molar-refractivity contribution in [2.45, 2.75) is 20.0 Å². The van der Waals surface area contributed by atoms with Crippen LogP contribution in [0.1, 0.15) is 18.4 Å². The monoisotopic (exact) mass is 242 g/mol. The van der Waals surface area contributed by atoms with Gasteiger partial charge in [-0.25, -0.2) is 0 Å². The number of thioether (sulfide) groups is 1. The third-order valence-electron chi connectivity index (χ3n) is 2.37. The summed E-state index contributed by atoms with van der Waals surface area (Å²) in [5.74, 6) is 3.24. The van der Waals surface area contributed by atoms with E-state index in [1.54, 1.807) is 0 Å². The van der Waals surface area contributed by atoms with E-state index in [-0.39, 0.29) is 0 Å². The molecule has 0 amide bonds. The van der Waals surface area contributed by atoms with Gasteiger partial charge in [-0.05, 0) is 32.0 Å². The molecule has 0 aliphatic carbocycles. The zero-order valence-electron chi connectivity index (χ0n) is 10.5. The number of nitrogens with zero attached hydrogens (tertiary/aromatic N) is 1. The highest BCUT2D eigenvalue weighted by Crippen LogP contribution is 2.10. The normalized spacial score (nSPS) is 11.2. The molecule has 0 aliphatic rings. The summed E-state index contributed by atoms with van der Waals surface area (Å²) in [6.45, 7) is 5.89. The summed E-state index contributed by atoms with van der Waals surface area (Å²) < 4.78 is 5.73. The van der Waals surface area contributed by atoms with E-state index in [0.717, 1.165) is 37.7 Å². The van der Waals surface area contributed by atoms with Crippen LogP contribution in [0.25, 0.3) is 0 Å². The average molecular weight is 242 g/mol. The fraction of sp³-hybridized carbons (Fsp3) is 0.667. The van der Waals surface area contributed by atoms with E-state index in [0.29, 0.717) is 0 Å². The minimum atomic E-state index is 0.824. The van der Waals surface area contributed by atoms with E-state index >= 15 is 0 Å². The predicted octanol–water partition coefficient (Wildman–Crippen LogP) is 2.18. The molecule has 0 saturated heterocycles. The molecule has 0 aromatic carbocycles. The maximum Gasteiger partial charge on any atom is 0.118 e. The molecule has 1 N–H and O–H groups in total. The summed E-state index contributed by atoms with van der Waals surface area (Å²) in [5, 5.41) is 3.25. The van der Waals surface area contributed by atoms with Crippen LogP contribution in [0, 0.1) is 0 Å². The fourth-order valence-electron chi connectivity index (χ4n) is 1.44. The van der Waals surface area contributed by atoms with Crippen LogP contribution in [-0.4, -0.2) is 37.0 Å². The number of hydrogen-bond donors (Lipinski definition) is 1. The van der Waals surface area contributed by atoms with Gasteiger partial charge in [0.05, 0.1) is 13.1 Å². The van der Waals surface area contributed by atoms with E-state index in [1.165, 1.54) is 5.75 Å². The van der Waals surface area contributed by atoms with Crippen LogP contribution in [-0.2, 0) is 13.1 Å². The molecular weight excluding hydrogens is 220 g/mol. The third-order valence-corrected chi connectivity index (χ3v) is 2.96. The second-order valence-corrected chi connectivity index (χ2v) is 4.86. The Morgan fingerprint density at radius 3 is 2.81 bits per heavy atom. The summed E-state index contributed by atoms with van der Waals surface area (Å²) >= 11 is 1.87. The standard InChI is InChI=1S/C12H22N2OS/c1-4-13-9-11-5-6-12(15-11)10-14(2)7-8-16-3/h5-6,13H,4,7-10H2,1-3H3. The molecule has 4 heteroatoms. The Kier molecular flexibility index (Phi) is 6.61. The molecule has 0 bridgehead atoms. The van der Waals surface area contributed by atoms with Gasteiger partial charge in [-0.1, -0.05) is 6.92 Å². The van der Waals surface area contributed by atoms with Crippen LogP contribution in [0.3, 0.4) is 0 Å². The smallest absolute Gasteiger partial charge is 0.118 e. The molecule has 3 nitrogen and oxygen atoms in total. The highest BCUT2D eigenvalue weighted by atomic mass is 32.2. The molecule has 16 heavy (non-hydrogen) atoms. The summed E-state index contributed by atoms with van der Waals surface area (Å²) in [6, 6.07) is 4.13. The predicted molar refractivity (Wildman–Crippen MR) is 70.8 cm³/mol. The van der Waals surface area contributed by atoms with Crippen molar-refractivity contribution in [2.75, 3.05) is 32.1 Å². The molecule has 1 rings (SSSR count). The highest BCUT2D eigenvalue weighted by molar-refractivity contribution is 7.98. The van der Waals surface area contributed by atoms with Gasteiger partial charge >= 0.3 is 0 Å². The van der Waals surface area contributed by atoms with Crippen molar-refractivity contribution in [3.8, 4) is 0 Å². The van der Waals surface area contributed by atoms with Gasteiger partial charge in [0.2, 0.25) is 0 Å². The largest absolute Gasteiger partial charge is 0.463 e. The van der Waals surface area contributed by atoms with E-state index in [4.69, 9.17) is 4.42 Å². The molecule has 1 aromatic heterocycles. The van der Waals surface area contributed by atoms with Crippen molar-refractivity contribution in [2.24, 2.45) is 0 Å². The van der Waals surface area contributed by atoms with Crippen LogP contribution in [0.5, 0.6) is 0 Å². The lowest BCUT2D eigenvalue weighted by Crippen LogP contribution is -2.20. The lowest BCUT2D eigenvalue weighted by molar-refractivity contribution is 0.305. The van der Waals surface area contributed by atoms with Gasteiger partial charge in [-0.15, -0.1) is 0 Å². The Morgan fingerprint density at radius 2 is 2.12 bits per heavy atom. The zero-order chi connectivity index (χ0) is 11.8. The lowest BCUT2D eigenvalue weighted by Gasteiger charge is -2.13. The maximum atomic E-state index is 5.73. The molecule has 0 aliphatic heterocycles. The Bertz CT molecular complexity index is 288. The molecule has 0 saturated carbocycles. The first-order valence-electron chi connectivity index (χ1n) is 5.72. The molecule has 0 fully saturated rings. The minimum absolute atomic E-state index is 0.824. The Labute approximate surface area is 103 Å². The molecule has 1 aromatic rings. The quantitative estimate of drug-likeness (QED) is 0.756. The number of furan rings is 1. The Balaban J connectivity index is 2.33. The van der Waals surface area contributed by atoms with E-state index in [1.807, 2.05) is 11.8 Å². The summed E-state index contributed by atoms with van der Waals surface area (Å²) in [6.07, 6.45) is 2.13. The molecule has 0 spiro atoms. The number of rotatable bonds is 8. The summed E-state index contributed by atoms with van der Waals surface area (Å²) in [7, 11) is 2.13. The summed E-state index contributed by atoms with van der Waals surface area (Å²) in [4.78, 5) is 2.28. The summed E-state index contributed by atoms with van der Waals surface area (Å²) in [5.41, 5.74) is 0. The first-order valence-corrected chi connectivity index (χ1v) is 7.11. The second kappa shape index (κ2) is 7.76. The van der Waals surface area contributed by atoms with Crippen molar-refractivity contribution in [3.05, 3.63) is 23.7 Å². The van der Waals surface area contributed by atoms with Crippen LogP contribution in [0.15, 0.2) is 16.5 Å². The van der Waals surface area contributed by atoms with Crippen LogP contribution in [0.2, 0.25) is 0 Å². The third kappa shape index (κ3) is 5.05. The molecule has 0 atom stereocenters. The van der Waals surface area contributed by atoms with Crippen LogP contribution in [0.4, 0.5) is 0 Å². The van der Waals surface area contributed by atoms with Gasteiger partial charge in [-0.3, -0.25) is 4.90 Å². The lowest BCUT2D eigenvalue weighted by atomic mass is 10.4. The van der Waals surface area contributed by atoms with Gasteiger partial charge in [0.15, 0.2) is 0 Å². The first kappa shape index (κ1) is 13.6. The SMILES string of the molecule is CCNCc1ccc(CN(C)CCSC)o1. The Morgan fingerprint density at radius 1 is 1.38 bits per heavy atom. The van der Waals surface area contributed by atoms with Gasteiger partial charge in [0.1, 0.15) is 11.5 Å². The average Bonchev–Trinajstić information content (AvgIpc) is 2.71. The van der Waals surface area contributed by atoms with E-state index < -0.39 is 0 Å². The maximum absolute atomic E-state index is 5.73.